The minimum atomic E-state index is 0.0126. The molecule has 0 aliphatic carbocycles. The number of guanidine groups is 1. The molecule has 0 bridgehead atoms. The number of ether oxygens (including phenoxy) is 1. The first-order valence-electron chi connectivity index (χ1n) is 8.41. The lowest BCUT2D eigenvalue weighted by Gasteiger charge is -2.15. The molecule has 0 radical (unpaired) electrons. The maximum atomic E-state index is 5.84. The SMILES string of the molecule is CCNC(=NCC(C)Oc1ccccc1)NCCc1ccccn1. The van der Waals surface area contributed by atoms with Crippen molar-refractivity contribution >= 4 is 5.96 Å². The molecule has 0 saturated heterocycles. The third kappa shape index (κ3) is 6.69. The van der Waals surface area contributed by atoms with Gasteiger partial charge in [0.05, 0.1) is 6.54 Å². The molecule has 1 heterocycles. The normalized spacial score (nSPS) is 12.5. The largest absolute Gasteiger partial charge is 0.489 e. The number of para-hydroxylation sites is 1. The Balaban J connectivity index is 1.79. The lowest BCUT2D eigenvalue weighted by molar-refractivity contribution is 0.230. The van der Waals surface area contributed by atoms with Crippen molar-refractivity contribution in [3.05, 3.63) is 60.4 Å². The summed E-state index contributed by atoms with van der Waals surface area (Å²) < 4.78 is 5.84. The summed E-state index contributed by atoms with van der Waals surface area (Å²) in [6.07, 6.45) is 2.69. The van der Waals surface area contributed by atoms with Crippen molar-refractivity contribution in [1.82, 2.24) is 15.6 Å². The Morgan fingerprint density at radius 1 is 1.12 bits per heavy atom. The molecule has 5 nitrogen and oxygen atoms in total. The van der Waals surface area contributed by atoms with Gasteiger partial charge in [-0.2, -0.15) is 0 Å². The van der Waals surface area contributed by atoms with Crippen LogP contribution < -0.4 is 15.4 Å². The Bertz CT molecular complexity index is 601. The van der Waals surface area contributed by atoms with Gasteiger partial charge in [0.1, 0.15) is 11.9 Å². The van der Waals surface area contributed by atoms with E-state index in [4.69, 9.17) is 4.74 Å². The molecule has 0 amide bonds. The Morgan fingerprint density at radius 3 is 2.62 bits per heavy atom. The summed E-state index contributed by atoms with van der Waals surface area (Å²) in [6.45, 7) is 6.28. The van der Waals surface area contributed by atoms with Crippen LogP contribution in [0.5, 0.6) is 5.75 Å². The predicted octanol–water partition coefficient (Wildman–Crippen LogP) is 2.65. The third-order valence-corrected chi connectivity index (χ3v) is 3.33. The van der Waals surface area contributed by atoms with Gasteiger partial charge in [0.25, 0.3) is 0 Å². The summed E-state index contributed by atoms with van der Waals surface area (Å²) in [6, 6.07) is 15.8. The van der Waals surface area contributed by atoms with Crippen LogP contribution in [-0.4, -0.2) is 36.7 Å². The smallest absolute Gasteiger partial charge is 0.191 e. The van der Waals surface area contributed by atoms with Gasteiger partial charge in [-0.3, -0.25) is 4.98 Å². The maximum Gasteiger partial charge on any atom is 0.191 e. The van der Waals surface area contributed by atoms with Crippen LogP contribution in [0.2, 0.25) is 0 Å². The fraction of sp³-hybridized carbons (Fsp3) is 0.368. The van der Waals surface area contributed by atoms with E-state index in [9.17, 15) is 0 Å². The Kier molecular flexibility index (Phi) is 7.60. The average molecular weight is 326 g/mol. The number of rotatable bonds is 8. The second-order valence-electron chi connectivity index (χ2n) is 5.46. The second-order valence-corrected chi connectivity index (χ2v) is 5.46. The minimum absolute atomic E-state index is 0.0126. The third-order valence-electron chi connectivity index (χ3n) is 3.33. The molecule has 1 aromatic carbocycles. The molecule has 1 atom stereocenters. The summed E-state index contributed by atoms with van der Waals surface area (Å²) in [5, 5.41) is 6.58. The fourth-order valence-corrected chi connectivity index (χ4v) is 2.19. The Morgan fingerprint density at radius 2 is 1.92 bits per heavy atom. The molecule has 1 aromatic heterocycles. The number of pyridine rings is 1. The molecule has 1 unspecified atom stereocenters. The number of nitrogens with zero attached hydrogens (tertiary/aromatic N) is 2. The van der Waals surface area contributed by atoms with Gasteiger partial charge in [-0.25, -0.2) is 4.99 Å². The monoisotopic (exact) mass is 326 g/mol. The zero-order chi connectivity index (χ0) is 17.0. The van der Waals surface area contributed by atoms with Gasteiger partial charge in [-0.05, 0) is 38.1 Å². The lowest BCUT2D eigenvalue weighted by atomic mass is 10.3. The second kappa shape index (κ2) is 10.3. The molecule has 24 heavy (non-hydrogen) atoms. The van der Waals surface area contributed by atoms with E-state index in [1.165, 1.54) is 0 Å². The van der Waals surface area contributed by atoms with Crippen molar-refractivity contribution in [3.63, 3.8) is 0 Å². The first kappa shape index (κ1) is 17.8. The molecular formula is C19H26N4O. The van der Waals surface area contributed by atoms with E-state index in [-0.39, 0.29) is 6.10 Å². The van der Waals surface area contributed by atoms with Gasteiger partial charge in [0, 0.05) is 31.4 Å². The molecule has 2 aromatic rings. The van der Waals surface area contributed by atoms with Gasteiger partial charge >= 0.3 is 0 Å². The van der Waals surface area contributed by atoms with Crippen molar-refractivity contribution in [2.45, 2.75) is 26.4 Å². The van der Waals surface area contributed by atoms with Crippen molar-refractivity contribution in [3.8, 4) is 5.75 Å². The topological polar surface area (TPSA) is 58.5 Å². The van der Waals surface area contributed by atoms with Gasteiger partial charge < -0.3 is 15.4 Å². The van der Waals surface area contributed by atoms with E-state index >= 15 is 0 Å². The van der Waals surface area contributed by atoms with Crippen molar-refractivity contribution < 1.29 is 4.74 Å². The zero-order valence-corrected chi connectivity index (χ0v) is 14.4. The average Bonchev–Trinajstić information content (AvgIpc) is 2.61. The van der Waals surface area contributed by atoms with Crippen LogP contribution >= 0.6 is 0 Å². The highest BCUT2D eigenvalue weighted by atomic mass is 16.5. The van der Waals surface area contributed by atoms with Crippen LogP contribution in [-0.2, 0) is 6.42 Å². The number of benzene rings is 1. The van der Waals surface area contributed by atoms with Crippen LogP contribution in [0.25, 0.3) is 0 Å². The maximum absolute atomic E-state index is 5.84. The summed E-state index contributed by atoms with van der Waals surface area (Å²) in [7, 11) is 0. The van der Waals surface area contributed by atoms with Gasteiger partial charge in [-0.1, -0.05) is 24.3 Å². The highest BCUT2D eigenvalue weighted by Crippen LogP contribution is 2.10. The van der Waals surface area contributed by atoms with E-state index in [1.54, 1.807) is 0 Å². The van der Waals surface area contributed by atoms with Crippen LogP contribution in [0, 0.1) is 0 Å². The van der Waals surface area contributed by atoms with Crippen molar-refractivity contribution in [2.75, 3.05) is 19.6 Å². The lowest BCUT2D eigenvalue weighted by Crippen LogP contribution is -2.39. The zero-order valence-electron chi connectivity index (χ0n) is 14.4. The van der Waals surface area contributed by atoms with E-state index in [0.29, 0.717) is 6.54 Å². The predicted molar refractivity (Wildman–Crippen MR) is 98.5 cm³/mol. The minimum Gasteiger partial charge on any atom is -0.489 e. The van der Waals surface area contributed by atoms with Crippen LogP contribution in [0.4, 0.5) is 0 Å². The number of nitrogens with one attached hydrogen (secondary N) is 2. The Hall–Kier alpha value is -2.56. The first-order chi connectivity index (χ1) is 11.8. The summed E-state index contributed by atoms with van der Waals surface area (Å²) in [5.41, 5.74) is 1.07. The van der Waals surface area contributed by atoms with Crippen molar-refractivity contribution in [1.29, 1.82) is 0 Å². The summed E-state index contributed by atoms with van der Waals surface area (Å²) >= 11 is 0. The van der Waals surface area contributed by atoms with E-state index in [1.807, 2.05) is 61.7 Å². The number of aromatic nitrogens is 1. The molecule has 0 saturated carbocycles. The molecule has 128 valence electrons. The highest BCUT2D eigenvalue weighted by molar-refractivity contribution is 5.79. The van der Waals surface area contributed by atoms with Crippen LogP contribution in [0.3, 0.4) is 0 Å². The fourth-order valence-electron chi connectivity index (χ4n) is 2.19. The number of aliphatic imine (C=N–C) groups is 1. The summed E-state index contributed by atoms with van der Waals surface area (Å²) in [5.74, 6) is 1.67. The standard InChI is InChI=1S/C19H26N4O/c1-3-20-19(22-14-12-17-9-7-8-13-21-17)23-15-16(2)24-18-10-5-4-6-11-18/h4-11,13,16H,3,12,14-15H2,1-2H3,(H2,20,22,23). The highest BCUT2D eigenvalue weighted by Gasteiger charge is 2.04. The van der Waals surface area contributed by atoms with Gasteiger partial charge in [-0.15, -0.1) is 0 Å². The van der Waals surface area contributed by atoms with Gasteiger partial charge in [0.15, 0.2) is 5.96 Å². The van der Waals surface area contributed by atoms with Crippen molar-refractivity contribution in [2.24, 2.45) is 4.99 Å². The molecule has 0 aliphatic rings. The molecule has 5 heteroatoms. The quantitative estimate of drug-likeness (QED) is 0.578. The van der Waals surface area contributed by atoms with E-state index < -0.39 is 0 Å². The first-order valence-corrected chi connectivity index (χ1v) is 8.41. The molecule has 2 N–H and O–H groups in total. The van der Waals surface area contributed by atoms with Gasteiger partial charge in [0.2, 0.25) is 0 Å². The molecule has 0 aliphatic heterocycles. The molecule has 2 rings (SSSR count). The summed E-state index contributed by atoms with van der Waals surface area (Å²) in [4.78, 5) is 8.91. The van der Waals surface area contributed by atoms with E-state index in [2.05, 4.69) is 27.5 Å². The molecular weight excluding hydrogens is 300 g/mol. The molecule has 0 spiro atoms. The van der Waals surface area contributed by atoms with E-state index in [0.717, 1.165) is 36.9 Å². The van der Waals surface area contributed by atoms with Crippen LogP contribution in [0.15, 0.2) is 59.7 Å². The molecule has 0 fully saturated rings. The number of hydrogen-bond donors (Lipinski definition) is 2. The number of hydrogen-bond acceptors (Lipinski definition) is 3. The Labute approximate surface area is 144 Å². The van der Waals surface area contributed by atoms with Crippen LogP contribution in [0.1, 0.15) is 19.5 Å².